The molecule has 0 fully saturated rings. The molecule has 0 aliphatic carbocycles. The Morgan fingerprint density at radius 3 is 2.39 bits per heavy atom. The van der Waals surface area contributed by atoms with Crippen LogP contribution in [0.1, 0.15) is 16.8 Å². The fourth-order valence-corrected chi connectivity index (χ4v) is 3.61. The van der Waals surface area contributed by atoms with E-state index in [2.05, 4.69) is 15.0 Å². The number of aromatic nitrogens is 1. The number of nitrogens with zero attached hydrogens (tertiary/aromatic N) is 2. The first-order chi connectivity index (χ1) is 14.9. The van der Waals surface area contributed by atoms with Crippen LogP contribution in [0.2, 0.25) is 5.02 Å². The van der Waals surface area contributed by atoms with Crippen molar-refractivity contribution in [2.75, 3.05) is 11.9 Å². The summed E-state index contributed by atoms with van der Waals surface area (Å²) in [5, 5.41) is 11.8. The average molecular weight is 457 g/mol. The van der Waals surface area contributed by atoms with Crippen molar-refractivity contribution < 1.29 is 17.9 Å². The molecule has 3 rings (SSSR count). The van der Waals surface area contributed by atoms with E-state index in [-0.39, 0.29) is 23.4 Å². The summed E-state index contributed by atoms with van der Waals surface area (Å²) in [5.41, 5.74) is 0.723. The maximum atomic E-state index is 12.4. The first-order valence-corrected chi connectivity index (χ1v) is 10.9. The van der Waals surface area contributed by atoms with Crippen LogP contribution in [0.4, 0.5) is 5.69 Å². The van der Waals surface area contributed by atoms with Gasteiger partial charge in [-0.25, -0.2) is 18.1 Å². The molecule has 10 heteroatoms. The van der Waals surface area contributed by atoms with Gasteiger partial charge in [0.1, 0.15) is 5.75 Å². The molecule has 0 aliphatic heterocycles. The molecular weight excluding hydrogens is 440 g/mol. The van der Waals surface area contributed by atoms with Crippen molar-refractivity contribution >= 4 is 33.2 Å². The molecule has 1 heterocycles. The largest absolute Gasteiger partial charge is 0.439 e. The third kappa shape index (κ3) is 6.26. The SMILES string of the molecule is N#CCCNS(=O)(=O)c1ccc(C(=O)Nc2ccc(Oc3ccc(Cl)cc3)nc2)cc1. The Kier molecular flexibility index (Phi) is 7.20. The van der Waals surface area contributed by atoms with Gasteiger partial charge in [-0.3, -0.25) is 4.79 Å². The number of benzene rings is 2. The summed E-state index contributed by atoms with van der Waals surface area (Å²) in [6, 6.07) is 17.4. The summed E-state index contributed by atoms with van der Waals surface area (Å²) in [6.07, 6.45) is 1.51. The molecule has 3 aromatic rings. The number of halogens is 1. The number of ether oxygens (including phenoxy) is 1. The number of amides is 1. The van der Waals surface area contributed by atoms with E-state index < -0.39 is 15.9 Å². The molecule has 8 nitrogen and oxygen atoms in total. The van der Waals surface area contributed by atoms with Crippen LogP contribution >= 0.6 is 11.6 Å². The lowest BCUT2D eigenvalue weighted by molar-refractivity contribution is 0.102. The number of sulfonamides is 1. The van der Waals surface area contributed by atoms with Crippen molar-refractivity contribution in [1.82, 2.24) is 9.71 Å². The van der Waals surface area contributed by atoms with Gasteiger partial charge in [-0.15, -0.1) is 0 Å². The molecule has 0 unspecified atom stereocenters. The topological polar surface area (TPSA) is 121 Å². The zero-order chi connectivity index (χ0) is 22.3. The summed E-state index contributed by atoms with van der Waals surface area (Å²) in [6.45, 7) is 0.0196. The lowest BCUT2D eigenvalue weighted by Gasteiger charge is -2.08. The highest BCUT2D eigenvalue weighted by Crippen LogP contribution is 2.22. The van der Waals surface area contributed by atoms with Crippen molar-refractivity contribution in [3.8, 4) is 17.7 Å². The quantitative estimate of drug-likeness (QED) is 0.494. The minimum Gasteiger partial charge on any atom is -0.439 e. The molecule has 2 aromatic carbocycles. The van der Waals surface area contributed by atoms with E-state index in [1.54, 1.807) is 36.4 Å². The third-order valence-corrected chi connectivity index (χ3v) is 5.71. The molecule has 31 heavy (non-hydrogen) atoms. The lowest BCUT2D eigenvalue weighted by atomic mass is 10.2. The molecule has 0 saturated heterocycles. The molecular formula is C21H17ClN4O4S. The zero-order valence-corrected chi connectivity index (χ0v) is 17.7. The normalized spacial score (nSPS) is 10.8. The fourth-order valence-electron chi connectivity index (χ4n) is 2.45. The Morgan fingerprint density at radius 1 is 1.06 bits per heavy atom. The average Bonchev–Trinajstić information content (AvgIpc) is 2.77. The van der Waals surface area contributed by atoms with Gasteiger partial charge < -0.3 is 10.1 Å². The first-order valence-electron chi connectivity index (χ1n) is 9.05. The van der Waals surface area contributed by atoms with Crippen molar-refractivity contribution in [2.24, 2.45) is 0 Å². The molecule has 0 radical (unpaired) electrons. The van der Waals surface area contributed by atoms with E-state index in [9.17, 15) is 13.2 Å². The third-order valence-electron chi connectivity index (χ3n) is 3.99. The molecule has 0 atom stereocenters. The van der Waals surface area contributed by atoms with Crippen molar-refractivity contribution in [1.29, 1.82) is 5.26 Å². The Morgan fingerprint density at radius 2 is 1.77 bits per heavy atom. The van der Waals surface area contributed by atoms with E-state index in [0.717, 1.165) is 0 Å². The van der Waals surface area contributed by atoms with Gasteiger partial charge in [0.05, 0.1) is 22.8 Å². The number of carbonyl (C=O) groups excluding carboxylic acids is 1. The van der Waals surface area contributed by atoms with Gasteiger partial charge in [0, 0.05) is 29.6 Å². The Labute approximate surface area is 184 Å². The van der Waals surface area contributed by atoms with Crippen LogP contribution in [-0.2, 0) is 10.0 Å². The first kappa shape index (κ1) is 22.2. The van der Waals surface area contributed by atoms with Gasteiger partial charge in [-0.05, 0) is 54.6 Å². The standard InChI is InChI=1S/C21H17ClN4O4S/c22-16-4-7-18(8-5-16)30-20-11-6-17(14-24-20)26-21(27)15-2-9-19(10-3-15)31(28,29)25-13-1-12-23/h2-11,14,25H,1,13H2,(H,26,27). The highest BCUT2D eigenvalue weighted by molar-refractivity contribution is 7.89. The van der Waals surface area contributed by atoms with Gasteiger partial charge >= 0.3 is 0 Å². The number of pyridine rings is 1. The summed E-state index contributed by atoms with van der Waals surface area (Å²) in [4.78, 5) is 16.6. The zero-order valence-electron chi connectivity index (χ0n) is 16.1. The van der Waals surface area contributed by atoms with Gasteiger partial charge in [0.2, 0.25) is 15.9 Å². The Bertz CT molecular complexity index is 1190. The van der Waals surface area contributed by atoms with E-state index in [4.69, 9.17) is 21.6 Å². The Balaban J connectivity index is 1.61. The van der Waals surface area contributed by atoms with E-state index in [1.807, 2.05) is 6.07 Å². The number of rotatable bonds is 8. The van der Waals surface area contributed by atoms with Crippen LogP contribution in [0, 0.1) is 11.3 Å². The number of nitriles is 1. The summed E-state index contributed by atoms with van der Waals surface area (Å²) in [5.74, 6) is 0.499. The Hall–Kier alpha value is -3.45. The van der Waals surface area contributed by atoms with E-state index in [0.29, 0.717) is 22.3 Å². The predicted molar refractivity (Wildman–Crippen MR) is 116 cm³/mol. The minimum absolute atomic E-state index is 0.00681. The smallest absolute Gasteiger partial charge is 0.255 e. The van der Waals surface area contributed by atoms with E-state index in [1.165, 1.54) is 30.5 Å². The van der Waals surface area contributed by atoms with Gasteiger partial charge in [-0.2, -0.15) is 5.26 Å². The second-order valence-corrected chi connectivity index (χ2v) is 8.43. The van der Waals surface area contributed by atoms with Crippen LogP contribution in [0.3, 0.4) is 0 Å². The molecule has 1 amide bonds. The van der Waals surface area contributed by atoms with Crippen LogP contribution in [0.5, 0.6) is 11.6 Å². The van der Waals surface area contributed by atoms with E-state index >= 15 is 0 Å². The second kappa shape index (κ2) is 10.0. The highest BCUT2D eigenvalue weighted by Gasteiger charge is 2.14. The predicted octanol–water partition coefficient (Wildman–Crippen LogP) is 3.97. The molecule has 0 bridgehead atoms. The number of hydrogen-bond donors (Lipinski definition) is 2. The van der Waals surface area contributed by atoms with Crippen LogP contribution in [0.15, 0.2) is 71.8 Å². The second-order valence-electron chi connectivity index (χ2n) is 6.23. The minimum atomic E-state index is -3.73. The van der Waals surface area contributed by atoms with Crippen LogP contribution < -0.4 is 14.8 Å². The van der Waals surface area contributed by atoms with Crippen molar-refractivity contribution in [3.05, 3.63) is 77.4 Å². The fraction of sp³-hybridized carbons (Fsp3) is 0.0952. The van der Waals surface area contributed by atoms with Crippen molar-refractivity contribution in [3.63, 3.8) is 0 Å². The molecule has 2 N–H and O–H groups in total. The molecule has 158 valence electrons. The molecule has 0 saturated carbocycles. The molecule has 0 spiro atoms. The lowest BCUT2D eigenvalue weighted by Crippen LogP contribution is -2.24. The van der Waals surface area contributed by atoms with Crippen LogP contribution in [0.25, 0.3) is 0 Å². The monoisotopic (exact) mass is 456 g/mol. The maximum Gasteiger partial charge on any atom is 0.255 e. The maximum absolute atomic E-state index is 12.4. The van der Waals surface area contributed by atoms with Gasteiger partial charge in [-0.1, -0.05) is 11.6 Å². The highest BCUT2D eigenvalue weighted by atomic mass is 35.5. The number of anilines is 1. The number of carbonyl (C=O) groups is 1. The van der Waals surface area contributed by atoms with Crippen LogP contribution in [-0.4, -0.2) is 25.9 Å². The molecule has 0 aliphatic rings. The summed E-state index contributed by atoms with van der Waals surface area (Å²) >= 11 is 5.84. The number of nitrogens with one attached hydrogen (secondary N) is 2. The summed E-state index contributed by atoms with van der Waals surface area (Å²) < 4.78 is 32.1. The molecule has 1 aromatic heterocycles. The van der Waals surface area contributed by atoms with Crippen molar-refractivity contribution in [2.45, 2.75) is 11.3 Å². The summed E-state index contributed by atoms with van der Waals surface area (Å²) in [7, 11) is -3.73. The number of hydrogen-bond acceptors (Lipinski definition) is 6. The van der Waals surface area contributed by atoms with Gasteiger partial charge in [0.25, 0.3) is 5.91 Å². The van der Waals surface area contributed by atoms with Gasteiger partial charge in [0.15, 0.2) is 0 Å².